The molecule has 0 aromatic carbocycles. The first kappa shape index (κ1) is 15.4. The van der Waals surface area contributed by atoms with Crippen LogP contribution in [0.3, 0.4) is 0 Å². The molecule has 5 nitrogen and oxygen atoms in total. The molecule has 0 radical (unpaired) electrons. The van der Waals surface area contributed by atoms with E-state index in [-0.39, 0.29) is 12.5 Å². The molecule has 1 aliphatic heterocycles. The van der Waals surface area contributed by atoms with Crippen molar-refractivity contribution in [3.8, 4) is 0 Å². The van der Waals surface area contributed by atoms with E-state index in [0.29, 0.717) is 19.7 Å². The van der Waals surface area contributed by atoms with Gasteiger partial charge in [0.25, 0.3) is 0 Å². The molecule has 1 aliphatic rings. The number of piperidine rings is 1. The van der Waals surface area contributed by atoms with Gasteiger partial charge < -0.3 is 20.1 Å². The maximum absolute atomic E-state index is 11.3. The minimum atomic E-state index is -0.496. The van der Waals surface area contributed by atoms with E-state index in [9.17, 15) is 9.90 Å². The van der Waals surface area contributed by atoms with Crippen molar-refractivity contribution >= 4 is 5.91 Å². The lowest BCUT2D eigenvalue weighted by Crippen LogP contribution is -2.43. The van der Waals surface area contributed by atoms with Gasteiger partial charge >= 0.3 is 0 Å². The predicted molar refractivity (Wildman–Crippen MR) is 70.3 cm³/mol. The van der Waals surface area contributed by atoms with Crippen LogP contribution in [0.25, 0.3) is 0 Å². The molecule has 1 amide bonds. The molecule has 18 heavy (non-hydrogen) atoms. The van der Waals surface area contributed by atoms with Crippen molar-refractivity contribution in [1.82, 2.24) is 10.2 Å². The van der Waals surface area contributed by atoms with Crippen molar-refractivity contribution in [3.05, 3.63) is 0 Å². The third-order valence-electron chi connectivity index (χ3n) is 3.32. The molecule has 0 spiro atoms. The predicted octanol–water partition coefficient (Wildman–Crippen LogP) is 0.232. The summed E-state index contributed by atoms with van der Waals surface area (Å²) in [6.07, 6.45) is 1.90. The summed E-state index contributed by atoms with van der Waals surface area (Å²) in [6, 6.07) is 0. The molecule has 1 rings (SSSR count). The van der Waals surface area contributed by atoms with Crippen molar-refractivity contribution in [2.24, 2.45) is 5.92 Å². The number of nitrogens with one attached hydrogen (secondary N) is 1. The van der Waals surface area contributed by atoms with Crippen LogP contribution in [0.1, 0.15) is 26.7 Å². The van der Waals surface area contributed by atoms with Gasteiger partial charge in [0.15, 0.2) is 0 Å². The standard InChI is InChI=1S/C13H26N2O3/c1-3-18-10-13(17)14-8-12(16)9-15-6-4-11(2)5-7-15/h11-12,16H,3-10H2,1-2H3,(H,14,17). The molecule has 1 heterocycles. The highest BCUT2D eigenvalue weighted by atomic mass is 16.5. The molecular formula is C13H26N2O3. The van der Waals surface area contributed by atoms with Gasteiger partial charge in [-0.1, -0.05) is 6.92 Å². The smallest absolute Gasteiger partial charge is 0.246 e. The number of amides is 1. The summed E-state index contributed by atoms with van der Waals surface area (Å²) < 4.78 is 4.99. The summed E-state index contributed by atoms with van der Waals surface area (Å²) in [6.45, 7) is 7.75. The molecule has 106 valence electrons. The lowest BCUT2D eigenvalue weighted by atomic mass is 9.99. The SMILES string of the molecule is CCOCC(=O)NCC(O)CN1CCC(C)CC1. The van der Waals surface area contributed by atoms with Crippen LogP contribution >= 0.6 is 0 Å². The van der Waals surface area contributed by atoms with Crippen LogP contribution in [-0.2, 0) is 9.53 Å². The first-order valence-electron chi connectivity index (χ1n) is 6.86. The third-order valence-corrected chi connectivity index (χ3v) is 3.32. The van der Waals surface area contributed by atoms with Gasteiger partial charge in [-0.05, 0) is 38.8 Å². The fourth-order valence-corrected chi connectivity index (χ4v) is 2.08. The molecule has 5 heteroatoms. The molecule has 2 N–H and O–H groups in total. The van der Waals surface area contributed by atoms with Crippen LogP contribution < -0.4 is 5.32 Å². The third kappa shape index (κ3) is 6.33. The van der Waals surface area contributed by atoms with Crippen molar-refractivity contribution in [2.45, 2.75) is 32.8 Å². The number of aliphatic hydroxyl groups excluding tert-OH is 1. The molecular weight excluding hydrogens is 232 g/mol. The number of β-amino-alcohol motifs (C(OH)–C–C–N with tert-alkyl or cyclic N) is 1. The summed E-state index contributed by atoms with van der Waals surface area (Å²) in [7, 11) is 0. The van der Waals surface area contributed by atoms with E-state index in [2.05, 4.69) is 17.1 Å². The number of hydrogen-bond donors (Lipinski definition) is 2. The molecule has 1 unspecified atom stereocenters. The van der Waals surface area contributed by atoms with Gasteiger partial charge in [0, 0.05) is 19.7 Å². The highest BCUT2D eigenvalue weighted by molar-refractivity contribution is 5.77. The Labute approximate surface area is 109 Å². The van der Waals surface area contributed by atoms with Crippen LogP contribution in [0.15, 0.2) is 0 Å². The Morgan fingerprint density at radius 1 is 1.50 bits per heavy atom. The van der Waals surface area contributed by atoms with Gasteiger partial charge in [-0.2, -0.15) is 0 Å². The monoisotopic (exact) mass is 258 g/mol. The summed E-state index contributed by atoms with van der Waals surface area (Å²) in [5.41, 5.74) is 0. The second-order valence-electron chi connectivity index (χ2n) is 5.08. The molecule has 0 saturated carbocycles. The van der Waals surface area contributed by atoms with E-state index < -0.39 is 6.10 Å². The van der Waals surface area contributed by atoms with E-state index in [0.717, 1.165) is 19.0 Å². The summed E-state index contributed by atoms with van der Waals surface area (Å²) >= 11 is 0. The molecule has 0 aromatic heterocycles. The lowest BCUT2D eigenvalue weighted by molar-refractivity contribution is -0.126. The fraction of sp³-hybridized carbons (Fsp3) is 0.923. The Hall–Kier alpha value is -0.650. The fourth-order valence-electron chi connectivity index (χ4n) is 2.08. The lowest BCUT2D eigenvalue weighted by Gasteiger charge is -2.31. The van der Waals surface area contributed by atoms with Gasteiger partial charge in [-0.25, -0.2) is 0 Å². The number of rotatable bonds is 7. The average Bonchev–Trinajstić information content (AvgIpc) is 2.36. The van der Waals surface area contributed by atoms with E-state index in [1.165, 1.54) is 12.8 Å². The number of likely N-dealkylation sites (tertiary alicyclic amines) is 1. The van der Waals surface area contributed by atoms with Crippen LogP contribution in [-0.4, -0.2) is 61.4 Å². The molecule has 0 bridgehead atoms. The van der Waals surface area contributed by atoms with E-state index in [1.54, 1.807) is 0 Å². The number of nitrogens with zero attached hydrogens (tertiary/aromatic N) is 1. The first-order chi connectivity index (χ1) is 8.61. The first-order valence-corrected chi connectivity index (χ1v) is 6.86. The highest BCUT2D eigenvalue weighted by Gasteiger charge is 2.18. The van der Waals surface area contributed by atoms with Crippen LogP contribution in [0.2, 0.25) is 0 Å². The Kier molecular flexibility index (Phi) is 7.23. The van der Waals surface area contributed by atoms with Crippen molar-refractivity contribution in [2.75, 3.05) is 39.4 Å². The van der Waals surface area contributed by atoms with Crippen LogP contribution in [0.4, 0.5) is 0 Å². The van der Waals surface area contributed by atoms with E-state index >= 15 is 0 Å². The zero-order valence-corrected chi connectivity index (χ0v) is 11.5. The van der Waals surface area contributed by atoms with Gasteiger partial charge in [0.2, 0.25) is 5.91 Å². The topological polar surface area (TPSA) is 61.8 Å². The minimum absolute atomic E-state index is 0.0739. The summed E-state index contributed by atoms with van der Waals surface area (Å²) in [5.74, 6) is 0.632. The van der Waals surface area contributed by atoms with Gasteiger partial charge in [0.1, 0.15) is 6.61 Å². The Morgan fingerprint density at radius 2 is 2.17 bits per heavy atom. The van der Waals surface area contributed by atoms with Crippen molar-refractivity contribution in [3.63, 3.8) is 0 Å². The van der Waals surface area contributed by atoms with E-state index in [1.807, 2.05) is 6.92 Å². The summed E-state index contributed by atoms with van der Waals surface area (Å²) in [4.78, 5) is 13.5. The molecule has 1 saturated heterocycles. The maximum atomic E-state index is 11.3. The molecule has 1 fully saturated rings. The Balaban J connectivity index is 2.09. The van der Waals surface area contributed by atoms with Crippen LogP contribution in [0, 0.1) is 5.92 Å². The average molecular weight is 258 g/mol. The maximum Gasteiger partial charge on any atom is 0.246 e. The molecule has 0 aromatic rings. The second kappa shape index (κ2) is 8.45. The highest BCUT2D eigenvalue weighted by Crippen LogP contribution is 2.15. The second-order valence-corrected chi connectivity index (χ2v) is 5.08. The number of hydrogen-bond acceptors (Lipinski definition) is 4. The zero-order valence-electron chi connectivity index (χ0n) is 11.5. The minimum Gasteiger partial charge on any atom is -0.390 e. The van der Waals surface area contributed by atoms with Crippen molar-refractivity contribution < 1.29 is 14.6 Å². The van der Waals surface area contributed by atoms with Crippen molar-refractivity contribution in [1.29, 1.82) is 0 Å². The number of aliphatic hydroxyl groups is 1. The molecule has 0 aliphatic carbocycles. The Morgan fingerprint density at radius 3 is 2.78 bits per heavy atom. The number of ether oxygens (including phenoxy) is 1. The molecule has 1 atom stereocenters. The van der Waals surface area contributed by atoms with E-state index in [4.69, 9.17) is 4.74 Å². The number of carbonyl (C=O) groups is 1. The zero-order chi connectivity index (χ0) is 13.4. The Bertz CT molecular complexity index is 240. The van der Waals surface area contributed by atoms with Gasteiger partial charge in [0.05, 0.1) is 6.10 Å². The number of carbonyl (C=O) groups excluding carboxylic acids is 1. The van der Waals surface area contributed by atoms with Crippen LogP contribution in [0.5, 0.6) is 0 Å². The summed E-state index contributed by atoms with van der Waals surface area (Å²) in [5, 5.41) is 12.5. The largest absolute Gasteiger partial charge is 0.390 e. The quantitative estimate of drug-likeness (QED) is 0.686. The normalized spacial score (nSPS) is 19.7. The van der Waals surface area contributed by atoms with Gasteiger partial charge in [-0.3, -0.25) is 4.79 Å². The van der Waals surface area contributed by atoms with Gasteiger partial charge in [-0.15, -0.1) is 0 Å².